The Hall–Kier alpha value is -0.780. The zero-order valence-electron chi connectivity index (χ0n) is 10.6. The number of rotatable bonds is 6. The molecule has 0 spiro atoms. The lowest BCUT2D eigenvalue weighted by Crippen LogP contribution is -2.34. The third kappa shape index (κ3) is 3.86. The highest BCUT2D eigenvalue weighted by atomic mass is 35.5. The highest BCUT2D eigenvalue weighted by molar-refractivity contribution is 7.89. The van der Waals surface area contributed by atoms with E-state index in [2.05, 4.69) is 4.72 Å². The third-order valence-corrected chi connectivity index (χ3v) is 4.59. The lowest BCUT2D eigenvalue weighted by Gasteiger charge is -2.16. The number of halogens is 1. The summed E-state index contributed by atoms with van der Waals surface area (Å²) >= 11 is 5.77. The van der Waals surface area contributed by atoms with E-state index in [4.69, 9.17) is 17.3 Å². The van der Waals surface area contributed by atoms with Gasteiger partial charge in [0.15, 0.2) is 0 Å². The van der Waals surface area contributed by atoms with Crippen LogP contribution in [-0.2, 0) is 10.0 Å². The van der Waals surface area contributed by atoms with Gasteiger partial charge in [0.2, 0.25) is 10.0 Å². The summed E-state index contributed by atoms with van der Waals surface area (Å²) in [5.41, 5.74) is 5.88. The van der Waals surface area contributed by atoms with Gasteiger partial charge in [0.25, 0.3) is 0 Å². The van der Waals surface area contributed by atoms with Gasteiger partial charge in [0.1, 0.15) is 0 Å². The van der Waals surface area contributed by atoms with Gasteiger partial charge < -0.3 is 5.73 Å². The Bertz CT molecular complexity index is 503. The topological polar surface area (TPSA) is 72.2 Å². The van der Waals surface area contributed by atoms with Crippen LogP contribution in [-0.4, -0.2) is 14.5 Å². The van der Waals surface area contributed by atoms with Crippen molar-refractivity contribution in [1.29, 1.82) is 0 Å². The van der Waals surface area contributed by atoms with Crippen molar-refractivity contribution in [2.24, 2.45) is 0 Å². The molecule has 0 aliphatic carbocycles. The van der Waals surface area contributed by atoms with Crippen molar-refractivity contribution < 1.29 is 8.42 Å². The molecule has 1 aromatic rings. The molecule has 0 aliphatic heterocycles. The van der Waals surface area contributed by atoms with E-state index in [9.17, 15) is 8.42 Å². The van der Waals surface area contributed by atoms with Gasteiger partial charge in [-0.15, -0.1) is 0 Å². The average molecular weight is 291 g/mol. The molecule has 0 amide bonds. The Labute approximate surface area is 114 Å². The van der Waals surface area contributed by atoms with Crippen LogP contribution in [0, 0.1) is 0 Å². The molecule has 0 radical (unpaired) electrons. The second-order valence-corrected chi connectivity index (χ2v) is 6.32. The van der Waals surface area contributed by atoms with E-state index in [1.54, 1.807) is 0 Å². The minimum Gasteiger partial charge on any atom is -0.397 e. The Kier molecular flexibility index (Phi) is 5.44. The summed E-state index contributed by atoms with van der Waals surface area (Å²) < 4.78 is 26.9. The normalized spacial score (nSPS) is 13.5. The van der Waals surface area contributed by atoms with Crippen LogP contribution in [0.3, 0.4) is 0 Å². The lowest BCUT2D eigenvalue weighted by molar-refractivity contribution is 0.512. The van der Waals surface area contributed by atoms with E-state index >= 15 is 0 Å². The van der Waals surface area contributed by atoms with Crippen LogP contribution in [0.2, 0.25) is 5.02 Å². The van der Waals surface area contributed by atoms with Crippen LogP contribution in [0.1, 0.15) is 33.1 Å². The van der Waals surface area contributed by atoms with Gasteiger partial charge in [-0.05, 0) is 31.0 Å². The van der Waals surface area contributed by atoms with Crippen LogP contribution in [0.4, 0.5) is 5.69 Å². The minimum absolute atomic E-state index is 0.0445. The van der Waals surface area contributed by atoms with Gasteiger partial charge in [-0.3, -0.25) is 0 Å². The maximum Gasteiger partial charge on any atom is 0.240 e. The van der Waals surface area contributed by atoms with Crippen LogP contribution < -0.4 is 10.5 Å². The highest BCUT2D eigenvalue weighted by Crippen LogP contribution is 2.22. The average Bonchev–Trinajstić information content (AvgIpc) is 2.31. The number of hydrogen-bond acceptors (Lipinski definition) is 3. The minimum atomic E-state index is -3.52. The summed E-state index contributed by atoms with van der Waals surface area (Å²) in [6.07, 6.45) is 2.51. The molecule has 0 aromatic heterocycles. The number of benzene rings is 1. The number of anilines is 1. The summed E-state index contributed by atoms with van der Waals surface area (Å²) in [4.78, 5) is 0.152. The van der Waals surface area contributed by atoms with Gasteiger partial charge in [0, 0.05) is 6.04 Å². The van der Waals surface area contributed by atoms with Crippen molar-refractivity contribution in [2.45, 2.75) is 44.0 Å². The van der Waals surface area contributed by atoms with E-state index in [1.165, 1.54) is 18.2 Å². The quantitative estimate of drug-likeness (QED) is 0.791. The van der Waals surface area contributed by atoms with E-state index in [0.717, 1.165) is 19.3 Å². The molecule has 1 unspecified atom stereocenters. The van der Waals surface area contributed by atoms with Crippen molar-refractivity contribution >= 4 is 27.3 Å². The zero-order chi connectivity index (χ0) is 13.8. The highest BCUT2D eigenvalue weighted by Gasteiger charge is 2.19. The molecule has 0 aliphatic rings. The summed E-state index contributed by atoms with van der Waals surface area (Å²) in [6, 6.07) is 4.28. The van der Waals surface area contributed by atoms with Crippen molar-refractivity contribution in [3.63, 3.8) is 0 Å². The fraction of sp³-hybridized carbons (Fsp3) is 0.500. The Morgan fingerprint density at radius 1 is 1.39 bits per heavy atom. The first kappa shape index (κ1) is 15.3. The summed E-state index contributed by atoms with van der Waals surface area (Å²) in [5.74, 6) is 0. The summed E-state index contributed by atoms with van der Waals surface area (Å²) in [5, 5.41) is 0.356. The number of nitrogen functional groups attached to an aromatic ring is 1. The molecule has 0 heterocycles. The van der Waals surface area contributed by atoms with Gasteiger partial charge in [-0.1, -0.05) is 31.9 Å². The van der Waals surface area contributed by atoms with Crippen LogP contribution in [0.15, 0.2) is 23.1 Å². The number of nitrogens with two attached hydrogens (primary N) is 1. The smallest absolute Gasteiger partial charge is 0.240 e. The van der Waals surface area contributed by atoms with Gasteiger partial charge in [-0.2, -0.15) is 0 Å². The van der Waals surface area contributed by atoms with Gasteiger partial charge >= 0.3 is 0 Å². The second-order valence-electron chi connectivity index (χ2n) is 4.20. The molecule has 0 saturated heterocycles. The number of hydrogen-bond donors (Lipinski definition) is 2. The summed E-state index contributed by atoms with van der Waals surface area (Å²) in [6.45, 7) is 3.98. The predicted molar refractivity (Wildman–Crippen MR) is 75.2 cm³/mol. The largest absolute Gasteiger partial charge is 0.397 e. The first-order valence-corrected chi connectivity index (χ1v) is 7.84. The molecule has 0 saturated carbocycles. The lowest BCUT2D eigenvalue weighted by atomic mass is 10.1. The number of nitrogens with one attached hydrogen (secondary N) is 1. The second kappa shape index (κ2) is 6.41. The molecule has 6 heteroatoms. The van der Waals surface area contributed by atoms with Crippen LogP contribution >= 0.6 is 11.6 Å². The van der Waals surface area contributed by atoms with E-state index in [1.807, 2.05) is 13.8 Å². The first-order valence-electron chi connectivity index (χ1n) is 5.98. The van der Waals surface area contributed by atoms with E-state index in [0.29, 0.717) is 5.02 Å². The molecule has 1 rings (SSSR count). The van der Waals surface area contributed by atoms with Crippen LogP contribution in [0.5, 0.6) is 0 Å². The molecule has 102 valence electrons. The first-order chi connectivity index (χ1) is 8.40. The Balaban J connectivity index is 2.95. The molecular formula is C12H19ClN2O2S. The Morgan fingerprint density at radius 2 is 2.06 bits per heavy atom. The molecule has 0 bridgehead atoms. The van der Waals surface area contributed by atoms with Crippen molar-refractivity contribution in [3.05, 3.63) is 23.2 Å². The molecule has 4 nitrogen and oxygen atoms in total. The van der Waals surface area contributed by atoms with Crippen molar-refractivity contribution in [3.8, 4) is 0 Å². The molecule has 18 heavy (non-hydrogen) atoms. The third-order valence-electron chi connectivity index (χ3n) is 2.73. The molecule has 0 fully saturated rings. The van der Waals surface area contributed by atoms with E-state index < -0.39 is 10.0 Å². The maximum absolute atomic E-state index is 12.1. The molecule has 3 N–H and O–H groups in total. The van der Waals surface area contributed by atoms with Crippen molar-refractivity contribution in [1.82, 2.24) is 4.72 Å². The zero-order valence-corrected chi connectivity index (χ0v) is 12.2. The van der Waals surface area contributed by atoms with Crippen LogP contribution in [0.25, 0.3) is 0 Å². The molecule has 1 atom stereocenters. The SMILES string of the molecule is CCCC(CC)NS(=O)(=O)c1ccc(Cl)c(N)c1. The predicted octanol–water partition coefficient (Wildman–Crippen LogP) is 2.78. The van der Waals surface area contributed by atoms with Crippen molar-refractivity contribution in [2.75, 3.05) is 5.73 Å². The fourth-order valence-corrected chi connectivity index (χ4v) is 3.18. The standard InChI is InChI=1S/C12H19ClN2O2S/c1-3-5-9(4-2)15-18(16,17)10-6-7-11(13)12(14)8-10/h6-9,15H,3-5,14H2,1-2H3. The van der Waals surface area contributed by atoms with E-state index in [-0.39, 0.29) is 16.6 Å². The fourth-order valence-electron chi connectivity index (χ4n) is 1.67. The molecular weight excluding hydrogens is 272 g/mol. The maximum atomic E-state index is 12.1. The molecule has 1 aromatic carbocycles. The number of sulfonamides is 1. The monoisotopic (exact) mass is 290 g/mol. The summed E-state index contributed by atoms with van der Waals surface area (Å²) in [7, 11) is -3.52. The van der Waals surface area contributed by atoms with Gasteiger partial charge in [-0.25, -0.2) is 13.1 Å². The Morgan fingerprint density at radius 3 is 2.56 bits per heavy atom. The van der Waals surface area contributed by atoms with Gasteiger partial charge in [0.05, 0.1) is 15.6 Å².